The number of carbonyl (C=O) groups excluding carboxylic acids is 2. The molecule has 24 heavy (non-hydrogen) atoms. The first-order valence-electron chi connectivity index (χ1n) is 8.03. The van der Waals surface area contributed by atoms with Crippen molar-refractivity contribution >= 4 is 17.6 Å². The van der Waals surface area contributed by atoms with Crippen LogP contribution in [0.25, 0.3) is 0 Å². The predicted octanol–water partition coefficient (Wildman–Crippen LogP) is 3.83. The van der Waals surface area contributed by atoms with Crippen molar-refractivity contribution in [3.05, 3.63) is 42.0 Å². The van der Waals surface area contributed by atoms with Crippen molar-refractivity contribution in [1.82, 2.24) is 0 Å². The Kier molecular flexibility index (Phi) is 6.06. The van der Waals surface area contributed by atoms with Crippen LogP contribution in [0, 0.1) is 23.5 Å². The minimum atomic E-state index is -0.853. The lowest BCUT2D eigenvalue weighted by Crippen LogP contribution is -2.36. The number of hydrogen-bond acceptors (Lipinski definition) is 3. The number of esters is 1. The summed E-state index contributed by atoms with van der Waals surface area (Å²) in [5.41, 5.74) is -0.106. The molecule has 130 valence electrons. The van der Waals surface area contributed by atoms with Crippen molar-refractivity contribution in [1.29, 1.82) is 0 Å². The summed E-state index contributed by atoms with van der Waals surface area (Å²) in [5, 5.41) is 2.44. The van der Waals surface area contributed by atoms with Crippen molar-refractivity contribution in [2.75, 3.05) is 5.32 Å². The summed E-state index contributed by atoms with van der Waals surface area (Å²) in [4.78, 5) is 24.7. The molecule has 0 heterocycles. The van der Waals surface area contributed by atoms with E-state index in [2.05, 4.69) is 5.32 Å². The molecule has 0 aliphatic heterocycles. The van der Waals surface area contributed by atoms with Crippen molar-refractivity contribution < 1.29 is 23.1 Å². The van der Waals surface area contributed by atoms with Crippen LogP contribution in [-0.4, -0.2) is 18.0 Å². The summed E-state index contributed by atoms with van der Waals surface area (Å²) >= 11 is 0. The van der Waals surface area contributed by atoms with Crippen LogP contribution < -0.4 is 5.32 Å². The van der Waals surface area contributed by atoms with Crippen molar-refractivity contribution in [2.45, 2.75) is 39.2 Å². The van der Waals surface area contributed by atoms with E-state index in [-0.39, 0.29) is 11.8 Å². The molecule has 1 amide bonds. The van der Waals surface area contributed by atoms with Crippen molar-refractivity contribution in [3.8, 4) is 0 Å². The molecule has 1 aromatic carbocycles. The number of carbonyl (C=O) groups is 2. The Hall–Kier alpha value is -2.24. The highest BCUT2D eigenvalue weighted by Gasteiger charge is 2.36. The second-order valence-electron chi connectivity index (χ2n) is 5.92. The molecule has 0 spiro atoms. The van der Waals surface area contributed by atoms with Crippen molar-refractivity contribution in [2.24, 2.45) is 11.8 Å². The fourth-order valence-corrected chi connectivity index (χ4v) is 2.55. The van der Waals surface area contributed by atoms with Gasteiger partial charge >= 0.3 is 5.97 Å². The van der Waals surface area contributed by atoms with E-state index in [0.717, 1.165) is 12.1 Å². The van der Waals surface area contributed by atoms with Gasteiger partial charge in [0.25, 0.3) is 0 Å². The first kappa shape index (κ1) is 18.1. The van der Waals surface area contributed by atoms with E-state index < -0.39 is 35.3 Å². The lowest BCUT2D eigenvalue weighted by Gasteiger charge is -2.27. The minimum Gasteiger partial charge on any atom is -0.462 e. The molecular formula is C18H21F2NO3. The van der Waals surface area contributed by atoms with Gasteiger partial charge in [0.05, 0.1) is 23.6 Å². The summed E-state index contributed by atoms with van der Waals surface area (Å²) in [5.74, 6) is -3.72. The van der Waals surface area contributed by atoms with Gasteiger partial charge in [-0.15, -0.1) is 0 Å². The quantitative estimate of drug-likeness (QED) is 0.656. The van der Waals surface area contributed by atoms with Crippen LogP contribution in [0.1, 0.15) is 33.1 Å². The number of ether oxygens (including phenoxy) is 1. The zero-order valence-corrected chi connectivity index (χ0v) is 13.7. The maximum atomic E-state index is 13.7. The maximum absolute atomic E-state index is 13.7. The Morgan fingerprint density at radius 3 is 2.54 bits per heavy atom. The Morgan fingerprint density at radius 2 is 1.92 bits per heavy atom. The summed E-state index contributed by atoms with van der Waals surface area (Å²) < 4.78 is 32.0. The molecule has 1 aliphatic rings. The van der Waals surface area contributed by atoms with Crippen LogP contribution >= 0.6 is 0 Å². The number of hydrogen-bond donors (Lipinski definition) is 1. The van der Waals surface area contributed by atoms with Gasteiger partial charge in [-0.25, -0.2) is 8.78 Å². The number of halogens is 2. The van der Waals surface area contributed by atoms with Gasteiger partial charge in [0.2, 0.25) is 5.91 Å². The van der Waals surface area contributed by atoms with Crippen LogP contribution in [0.2, 0.25) is 0 Å². The van der Waals surface area contributed by atoms with Crippen LogP contribution in [0.15, 0.2) is 30.4 Å². The van der Waals surface area contributed by atoms with Crippen LogP contribution in [0.3, 0.4) is 0 Å². The van der Waals surface area contributed by atoms with Gasteiger partial charge in [-0.3, -0.25) is 9.59 Å². The number of amides is 1. The number of rotatable bonds is 5. The zero-order valence-electron chi connectivity index (χ0n) is 13.7. The molecule has 1 N–H and O–H groups in total. The molecule has 1 aliphatic carbocycles. The first-order valence-corrected chi connectivity index (χ1v) is 8.03. The zero-order chi connectivity index (χ0) is 17.7. The molecule has 0 unspecified atom stereocenters. The van der Waals surface area contributed by atoms with Gasteiger partial charge in [-0.05, 0) is 38.3 Å². The predicted molar refractivity (Wildman–Crippen MR) is 86.2 cm³/mol. The van der Waals surface area contributed by atoms with E-state index in [1.54, 1.807) is 6.92 Å². The number of benzene rings is 1. The summed E-state index contributed by atoms with van der Waals surface area (Å²) in [6.45, 7) is 3.69. The molecule has 0 fully saturated rings. The highest BCUT2D eigenvalue weighted by atomic mass is 19.1. The molecule has 4 nitrogen and oxygen atoms in total. The van der Waals surface area contributed by atoms with E-state index in [1.807, 2.05) is 19.1 Å². The average molecular weight is 337 g/mol. The van der Waals surface area contributed by atoms with Crippen molar-refractivity contribution in [3.63, 3.8) is 0 Å². The van der Waals surface area contributed by atoms with E-state index in [0.29, 0.717) is 25.3 Å². The maximum Gasteiger partial charge on any atom is 0.310 e. The molecule has 0 aromatic heterocycles. The Morgan fingerprint density at radius 1 is 1.25 bits per heavy atom. The SMILES string of the molecule is CC[C@H](C)OC(=O)[C@H]1CC=CC[C@H]1C(=O)Nc1ccc(F)cc1F. The lowest BCUT2D eigenvalue weighted by atomic mass is 9.82. The second-order valence-corrected chi connectivity index (χ2v) is 5.92. The average Bonchev–Trinajstić information content (AvgIpc) is 2.57. The number of anilines is 1. The standard InChI is InChI=1S/C18H21F2NO3/c1-3-11(2)24-18(23)14-7-5-4-6-13(14)17(22)21-16-9-8-12(19)10-15(16)20/h4-5,8-11,13-14H,3,6-7H2,1-2H3,(H,21,22)/t11-,13+,14-/m0/s1. The summed E-state index contributed by atoms with van der Waals surface area (Å²) in [6.07, 6.45) is 4.89. The Bertz CT molecular complexity index is 645. The highest BCUT2D eigenvalue weighted by Crippen LogP contribution is 2.29. The third kappa shape index (κ3) is 4.40. The van der Waals surface area contributed by atoms with E-state index in [9.17, 15) is 18.4 Å². The third-order valence-electron chi connectivity index (χ3n) is 4.15. The summed E-state index contributed by atoms with van der Waals surface area (Å²) in [6, 6.07) is 2.92. The molecule has 6 heteroatoms. The second kappa shape index (κ2) is 8.04. The topological polar surface area (TPSA) is 55.4 Å². The normalized spacial score (nSPS) is 21.2. The molecule has 0 saturated heterocycles. The third-order valence-corrected chi connectivity index (χ3v) is 4.15. The molecule has 0 radical (unpaired) electrons. The van der Waals surface area contributed by atoms with E-state index in [1.165, 1.54) is 0 Å². The monoisotopic (exact) mass is 337 g/mol. The van der Waals surface area contributed by atoms with Gasteiger partial charge in [-0.1, -0.05) is 19.1 Å². The van der Waals surface area contributed by atoms with Gasteiger partial charge < -0.3 is 10.1 Å². The van der Waals surface area contributed by atoms with E-state index in [4.69, 9.17) is 4.74 Å². The van der Waals surface area contributed by atoms with Crippen LogP contribution in [0.5, 0.6) is 0 Å². The number of allylic oxidation sites excluding steroid dienone is 2. The highest BCUT2D eigenvalue weighted by molar-refractivity contribution is 5.95. The molecule has 0 saturated carbocycles. The van der Waals surface area contributed by atoms with Gasteiger partial charge in [-0.2, -0.15) is 0 Å². The fourth-order valence-electron chi connectivity index (χ4n) is 2.55. The lowest BCUT2D eigenvalue weighted by molar-refractivity contribution is -0.157. The fraction of sp³-hybridized carbons (Fsp3) is 0.444. The Balaban J connectivity index is 2.10. The number of nitrogens with one attached hydrogen (secondary N) is 1. The first-order chi connectivity index (χ1) is 11.4. The van der Waals surface area contributed by atoms with Crippen LogP contribution in [0.4, 0.5) is 14.5 Å². The molecule has 3 atom stereocenters. The van der Waals surface area contributed by atoms with Gasteiger partial charge in [0, 0.05) is 6.07 Å². The Labute approximate surface area is 139 Å². The molecule has 1 aromatic rings. The van der Waals surface area contributed by atoms with Gasteiger partial charge in [0.1, 0.15) is 11.6 Å². The van der Waals surface area contributed by atoms with Gasteiger partial charge in [0.15, 0.2) is 0 Å². The summed E-state index contributed by atoms with van der Waals surface area (Å²) in [7, 11) is 0. The largest absolute Gasteiger partial charge is 0.462 e. The minimum absolute atomic E-state index is 0.106. The molecular weight excluding hydrogens is 316 g/mol. The van der Waals surface area contributed by atoms with Crippen LogP contribution in [-0.2, 0) is 14.3 Å². The molecule has 2 rings (SSSR count). The smallest absolute Gasteiger partial charge is 0.310 e. The van der Waals surface area contributed by atoms with E-state index >= 15 is 0 Å². The molecule has 0 bridgehead atoms.